The van der Waals surface area contributed by atoms with Gasteiger partial charge < -0.3 is 18.7 Å². The minimum absolute atomic E-state index is 0.0506. The highest BCUT2D eigenvalue weighted by molar-refractivity contribution is 7.93. The third kappa shape index (κ3) is 4.27. The molecule has 0 bridgehead atoms. The summed E-state index contributed by atoms with van der Waals surface area (Å²) in [6.45, 7) is 0. The van der Waals surface area contributed by atoms with Crippen LogP contribution in [0.5, 0.6) is 17.2 Å². The molecule has 11 heteroatoms. The number of anilines is 1. The Labute approximate surface area is 195 Å². The van der Waals surface area contributed by atoms with Crippen molar-refractivity contribution in [2.75, 3.05) is 26.1 Å². The van der Waals surface area contributed by atoms with Gasteiger partial charge in [0.1, 0.15) is 28.0 Å². The Bertz CT molecular complexity index is 1370. The molecule has 0 radical (unpaired) electrons. The predicted octanol–water partition coefficient (Wildman–Crippen LogP) is 4.38. The molecule has 2 heterocycles. The fraction of sp³-hybridized carbons (Fsp3) is 0.182. The molecule has 1 N–H and O–H groups in total. The zero-order valence-electron chi connectivity index (χ0n) is 17.9. The molecule has 0 aliphatic rings. The molecule has 0 fully saturated rings. The predicted molar refractivity (Wildman–Crippen MR) is 123 cm³/mol. The van der Waals surface area contributed by atoms with Crippen molar-refractivity contribution in [1.82, 2.24) is 10.1 Å². The second-order valence-corrected chi connectivity index (χ2v) is 8.90. The fourth-order valence-corrected chi connectivity index (χ4v) is 4.97. The van der Waals surface area contributed by atoms with Crippen LogP contribution in [-0.2, 0) is 10.0 Å². The van der Waals surface area contributed by atoms with Gasteiger partial charge in [-0.2, -0.15) is 0 Å². The average molecular weight is 490 g/mol. The van der Waals surface area contributed by atoms with E-state index in [-0.39, 0.29) is 27.8 Å². The van der Waals surface area contributed by atoms with Crippen molar-refractivity contribution in [3.8, 4) is 17.2 Å². The second-order valence-electron chi connectivity index (χ2n) is 6.84. The Hall–Kier alpha value is -3.50. The first-order valence-corrected chi connectivity index (χ1v) is 11.6. The number of alkyl halides is 1. The van der Waals surface area contributed by atoms with Gasteiger partial charge in [-0.3, -0.25) is 9.71 Å². The molecule has 1 unspecified atom stereocenters. The van der Waals surface area contributed by atoms with Gasteiger partial charge in [0.05, 0.1) is 27.0 Å². The van der Waals surface area contributed by atoms with Gasteiger partial charge in [0.15, 0.2) is 16.3 Å². The Kier molecular flexibility index (Phi) is 6.30. The van der Waals surface area contributed by atoms with Crippen molar-refractivity contribution in [2.24, 2.45) is 0 Å². The summed E-state index contributed by atoms with van der Waals surface area (Å²) in [5, 5.41) is 3.67. The number of benzene rings is 2. The monoisotopic (exact) mass is 489 g/mol. The maximum absolute atomic E-state index is 13.2. The Morgan fingerprint density at radius 3 is 2.27 bits per heavy atom. The van der Waals surface area contributed by atoms with E-state index in [9.17, 15) is 8.42 Å². The van der Waals surface area contributed by atoms with E-state index in [1.165, 1.54) is 33.5 Å². The summed E-state index contributed by atoms with van der Waals surface area (Å²) >= 11 is 6.60. The quantitative estimate of drug-likeness (QED) is 0.363. The highest BCUT2D eigenvalue weighted by Gasteiger charge is 2.28. The number of hydrogen-bond acceptors (Lipinski definition) is 8. The molecule has 172 valence electrons. The van der Waals surface area contributed by atoms with Crippen LogP contribution in [0.2, 0.25) is 0 Å². The SMILES string of the molecule is COc1cccc(OC)c1S(=O)(=O)Nc1noc2cc(C(Cl)c3ccccn3)cc(OC)c12. The molecule has 4 aromatic rings. The summed E-state index contributed by atoms with van der Waals surface area (Å²) < 4.78 is 50.3. The summed E-state index contributed by atoms with van der Waals surface area (Å²) in [6, 6.07) is 13.4. The lowest BCUT2D eigenvalue weighted by Crippen LogP contribution is -2.15. The smallest absolute Gasteiger partial charge is 0.270 e. The van der Waals surface area contributed by atoms with Crippen LogP contribution >= 0.6 is 11.6 Å². The van der Waals surface area contributed by atoms with Crippen molar-refractivity contribution < 1.29 is 27.2 Å². The van der Waals surface area contributed by atoms with Crippen molar-refractivity contribution >= 4 is 38.4 Å². The molecule has 0 saturated heterocycles. The first-order chi connectivity index (χ1) is 15.9. The normalized spacial score (nSPS) is 12.4. The van der Waals surface area contributed by atoms with Gasteiger partial charge in [-0.05, 0) is 42.0 Å². The maximum Gasteiger partial charge on any atom is 0.270 e. The second kappa shape index (κ2) is 9.16. The molecule has 0 spiro atoms. The van der Waals surface area contributed by atoms with Gasteiger partial charge in [0.25, 0.3) is 10.0 Å². The molecule has 0 aliphatic heterocycles. The van der Waals surface area contributed by atoms with Crippen LogP contribution in [0.1, 0.15) is 16.6 Å². The molecule has 0 amide bonds. The highest BCUT2D eigenvalue weighted by Crippen LogP contribution is 2.40. The number of rotatable bonds is 8. The van der Waals surface area contributed by atoms with Crippen LogP contribution in [-0.4, -0.2) is 39.9 Å². The van der Waals surface area contributed by atoms with E-state index in [4.69, 9.17) is 30.3 Å². The molecule has 0 aliphatic carbocycles. The zero-order chi connectivity index (χ0) is 23.6. The number of fused-ring (bicyclic) bond motifs is 1. The van der Waals surface area contributed by atoms with Gasteiger partial charge in [0.2, 0.25) is 0 Å². The van der Waals surface area contributed by atoms with Gasteiger partial charge in [0, 0.05) is 6.20 Å². The number of methoxy groups -OCH3 is 3. The lowest BCUT2D eigenvalue weighted by Gasteiger charge is -2.14. The number of nitrogens with zero attached hydrogens (tertiary/aromatic N) is 2. The van der Waals surface area contributed by atoms with E-state index >= 15 is 0 Å². The third-order valence-corrected chi connectivity index (χ3v) is 6.78. The summed E-state index contributed by atoms with van der Waals surface area (Å²) in [6.07, 6.45) is 1.65. The molecule has 0 saturated carbocycles. The molecule has 2 aromatic carbocycles. The number of pyridine rings is 1. The van der Waals surface area contributed by atoms with Gasteiger partial charge in [-0.1, -0.05) is 17.3 Å². The van der Waals surface area contributed by atoms with Crippen LogP contribution in [0.15, 0.2) is 64.1 Å². The first kappa shape index (κ1) is 22.7. The summed E-state index contributed by atoms with van der Waals surface area (Å²) in [4.78, 5) is 4.11. The standard InChI is InChI=1S/C22H20ClN3O6S/c1-29-15-8-6-9-16(30-2)21(15)33(27,28)26-22-19-17(31-3)11-13(12-18(19)32-25-22)20(23)14-7-4-5-10-24-14/h4-12,20H,1-3H3,(H,25,26). The topological polar surface area (TPSA) is 113 Å². The lowest BCUT2D eigenvalue weighted by molar-refractivity contribution is 0.373. The summed E-state index contributed by atoms with van der Waals surface area (Å²) in [7, 11) is 0.0248. The zero-order valence-corrected chi connectivity index (χ0v) is 19.5. The number of hydrogen-bond donors (Lipinski definition) is 1. The molecule has 33 heavy (non-hydrogen) atoms. The molecule has 1 atom stereocenters. The van der Waals surface area contributed by atoms with Crippen LogP contribution < -0.4 is 18.9 Å². The Balaban J connectivity index is 1.78. The summed E-state index contributed by atoms with van der Waals surface area (Å²) in [5.41, 5.74) is 1.58. The highest BCUT2D eigenvalue weighted by atomic mass is 35.5. The number of sulfonamides is 1. The van der Waals surface area contributed by atoms with Crippen LogP contribution in [0, 0.1) is 0 Å². The van der Waals surface area contributed by atoms with Crippen LogP contribution in [0.3, 0.4) is 0 Å². The van der Waals surface area contributed by atoms with E-state index in [0.717, 1.165) is 0 Å². The van der Waals surface area contributed by atoms with Crippen molar-refractivity contribution in [3.05, 3.63) is 66.0 Å². The van der Waals surface area contributed by atoms with E-state index in [1.54, 1.807) is 36.5 Å². The Morgan fingerprint density at radius 1 is 0.970 bits per heavy atom. The number of aromatic nitrogens is 2. The van der Waals surface area contributed by atoms with E-state index in [1.807, 2.05) is 6.07 Å². The largest absolute Gasteiger partial charge is 0.496 e. The van der Waals surface area contributed by atoms with Gasteiger partial charge in [-0.25, -0.2) is 8.42 Å². The molecule has 4 rings (SSSR count). The van der Waals surface area contributed by atoms with Gasteiger partial charge in [-0.15, -0.1) is 11.6 Å². The van der Waals surface area contributed by atoms with Crippen LogP contribution in [0.25, 0.3) is 11.0 Å². The van der Waals surface area contributed by atoms with Crippen molar-refractivity contribution in [3.63, 3.8) is 0 Å². The molecule has 2 aromatic heterocycles. The van der Waals surface area contributed by atoms with Crippen LogP contribution in [0.4, 0.5) is 5.82 Å². The lowest BCUT2D eigenvalue weighted by atomic mass is 10.1. The summed E-state index contributed by atoms with van der Waals surface area (Å²) in [5.74, 6) is 0.508. The first-order valence-electron chi connectivity index (χ1n) is 9.65. The molecular weight excluding hydrogens is 470 g/mol. The number of halogens is 1. The van der Waals surface area contributed by atoms with Crippen molar-refractivity contribution in [2.45, 2.75) is 10.3 Å². The third-order valence-electron chi connectivity index (χ3n) is 4.90. The maximum atomic E-state index is 13.2. The van der Waals surface area contributed by atoms with E-state index < -0.39 is 15.4 Å². The fourth-order valence-electron chi connectivity index (χ4n) is 3.39. The van der Waals surface area contributed by atoms with Gasteiger partial charge >= 0.3 is 0 Å². The van der Waals surface area contributed by atoms with Crippen molar-refractivity contribution in [1.29, 1.82) is 0 Å². The number of nitrogens with one attached hydrogen (secondary N) is 1. The van der Waals surface area contributed by atoms with E-state index in [2.05, 4.69) is 14.9 Å². The minimum Gasteiger partial charge on any atom is -0.496 e. The van der Waals surface area contributed by atoms with E-state index in [0.29, 0.717) is 22.4 Å². The number of ether oxygens (including phenoxy) is 3. The minimum atomic E-state index is -4.17. The molecule has 9 nitrogen and oxygen atoms in total. The molecular formula is C22H20ClN3O6S. The Morgan fingerprint density at radius 2 is 1.67 bits per heavy atom. The average Bonchev–Trinajstić information content (AvgIpc) is 3.24.